The number of azo groups is 1. The number of hydrogen-bond donors (Lipinski definition) is 1. The summed E-state index contributed by atoms with van der Waals surface area (Å²) in [6.45, 7) is 5.45. The number of carbonyl (C=O) groups excluding carboxylic acids is 2. The average molecular weight is 498 g/mol. The van der Waals surface area contributed by atoms with Gasteiger partial charge >= 0.3 is 0 Å². The van der Waals surface area contributed by atoms with Crippen LogP contribution in [0.25, 0.3) is 0 Å². The van der Waals surface area contributed by atoms with Crippen LogP contribution in [0.15, 0.2) is 34.5 Å². The standard InChI is InChI=1S/C22H25Cl2N3O6/c1-6-32-19-13(23)8-9-14(21(19)33-7-2)25-22(29)18(12(3)28)27-26-15-10-11-16(30-4)17(24)20(15)31-5/h8-11,18H,6-7H2,1-5H3,(H,25,29). The van der Waals surface area contributed by atoms with Crippen LogP contribution in [-0.2, 0) is 9.59 Å². The molecule has 0 saturated carbocycles. The lowest BCUT2D eigenvalue weighted by molar-refractivity contribution is -0.126. The van der Waals surface area contributed by atoms with E-state index in [9.17, 15) is 9.59 Å². The third-order valence-electron chi connectivity index (χ3n) is 4.28. The van der Waals surface area contributed by atoms with Crippen LogP contribution < -0.4 is 24.3 Å². The lowest BCUT2D eigenvalue weighted by Crippen LogP contribution is -2.32. The lowest BCUT2D eigenvalue weighted by Gasteiger charge is -2.18. The van der Waals surface area contributed by atoms with E-state index in [1.54, 1.807) is 38.1 Å². The highest BCUT2D eigenvalue weighted by atomic mass is 35.5. The van der Waals surface area contributed by atoms with Gasteiger partial charge in [-0.05, 0) is 45.0 Å². The van der Waals surface area contributed by atoms with Gasteiger partial charge in [0, 0.05) is 0 Å². The fourth-order valence-electron chi connectivity index (χ4n) is 2.80. The second kappa shape index (κ2) is 12.3. The van der Waals surface area contributed by atoms with Gasteiger partial charge in [0.05, 0.1) is 38.1 Å². The smallest absolute Gasteiger partial charge is 0.258 e. The van der Waals surface area contributed by atoms with Crippen molar-refractivity contribution in [3.63, 3.8) is 0 Å². The number of ether oxygens (including phenoxy) is 4. The first-order valence-electron chi connectivity index (χ1n) is 9.99. The zero-order chi connectivity index (χ0) is 24.5. The molecule has 33 heavy (non-hydrogen) atoms. The number of rotatable bonds is 11. The molecular weight excluding hydrogens is 473 g/mol. The summed E-state index contributed by atoms with van der Waals surface area (Å²) in [5.41, 5.74) is 0.503. The van der Waals surface area contributed by atoms with E-state index in [2.05, 4.69) is 15.5 Å². The van der Waals surface area contributed by atoms with E-state index in [1.165, 1.54) is 21.1 Å². The Hall–Kier alpha value is -3.04. The first kappa shape index (κ1) is 26.2. The third kappa shape index (κ3) is 6.27. The summed E-state index contributed by atoms with van der Waals surface area (Å²) in [4.78, 5) is 25.1. The molecule has 2 aromatic carbocycles. The summed E-state index contributed by atoms with van der Waals surface area (Å²) in [6, 6.07) is 4.78. The summed E-state index contributed by atoms with van der Waals surface area (Å²) in [6.07, 6.45) is 0. The first-order valence-corrected chi connectivity index (χ1v) is 10.7. The van der Waals surface area contributed by atoms with Crippen molar-refractivity contribution in [3.8, 4) is 23.0 Å². The molecule has 0 spiro atoms. The molecule has 0 saturated heterocycles. The number of amides is 1. The van der Waals surface area contributed by atoms with Crippen LogP contribution in [-0.4, -0.2) is 45.2 Å². The molecule has 0 aliphatic heterocycles. The van der Waals surface area contributed by atoms with E-state index in [0.717, 1.165) is 0 Å². The van der Waals surface area contributed by atoms with Crippen molar-refractivity contribution in [1.82, 2.24) is 0 Å². The zero-order valence-corrected chi connectivity index (χ0v) is 20.4. The molecule has 1 N–H and O–H groups in total. The number of methoxy groups -OCH3 is 2. The van der Waals surface area contributed by atoms with Gasteiger partial charge in [0.2, 0.25) is 6.04 Å². The van der Waals surface area contributed by atoms with E-state index >= 15 is 0 Å². The SMILES string of the molecule is CCOc1c(Cl)ccc(NC(=O)C(N=Nc2ccc(OC)c(Cl)c2OC)C(C)=O)c1OCC. The molecule has 0 aliphatic carbocycles. The quantitative estimate of drug-likeness (QED) is 0.324. The largest absolute Gasteiger partial charge is 0.495 e. The maximum atomic E-state index is 12.9. The molecule has 0 heterocycles. The van der Waals surface area contributed by atoms with Crippen LogP contribution in [0.1, 0.15) is 20.8 Å². The molecule has 0 fully saturated rings. The van der Waals surface area contributed by atoms with Gasteiger partial charge in [-0.25, -0.2) is 0 Å². The van der Waals surface area contributed by atoms with Gasteiger partial charge in [0.25, 0.3) is 5.91 Å². The van der Waals surface area contributed by atoms with E-state index in [0.29, 0.717) is 24.0 Å². The lowest BCUT2D eigenvalue weighted by atomic mass is 10.2. The molecule has 1 amide bonds. The van der Waals surface area contributed by atoms with Gasteiger partial charge < -0.3 is 24.3 Å². The Morgan fingerprint density at radius 3 is 2.21 bits per heavy atom. The monoisotopic (exact) mass is 497 g/mol. The highest BCUT2D eigenvalue weighted by Crippen LogP contribution is 2.42. The fraction of sp³-hybridized carbons (Fsp3) is 0.364. The van der Waals surface area contributed by atoms with Crippen LogP contribution in [0.5, 0.6) is 23.0 Å². The van der Waals surface area contributed by atoms with Crippen molar-refractivity contribution in [2.45, 2.75) is 26.8 Å². The van der Waals surface area contributed by atoms with Crippen molar-refractivity contribution in [3.05, 3.63) is 34.3 Å². The Morgan fingerprint density at radius 1 is 0.970 bits per heavy atom. The summed E-state index contributed by atoms with van der Waals surface area (Å²) in [5, 5.41) is 11.1. The van der Waals surface area contributed by atoms with E-state index in [4.69, 9.17) is 42.1 Å². The van der Waals surface area contributed by atoms with Gasteiger partial charge in [-0.2, -0.15) is 10.2 Å². The Bertz CT molecular complexity index is 1050. The number of ketones is 1. The molecule has 1 unspecified atom stereocenters. The first-order chi connectivity index (χ1) is 15.8. The zero-order valence-electron chi connectivity index (χ0n) is 18.9. The van der Waals surface area contributed by atoms with Crippen LogP contribution in [0, 0.1) is 0 Å². The molecule has 9 nitrogen and oxygen atoms in total. The van der Waals surface area contributed by atoms with Gasteiger partial charge in [-0.3, -0.25) is 9.59 Å². The third-order valence-corrected chi connectivity index (χ3v) is 4.93. The summed E-state index contributed by atoms with van der Waals surface area (Å²) in [5.74, 6) is -0.118. The van der Waals surface area contributed by atoms with Crippen molar-refractivity contribution in [2.24, 2.45) is 10.2 Å². The van der Waals surface area contributed by atoms with Gasteiger partial charge in [-0.15, -0.1) is 0 Å². The molecular formula is C22H25Cl2N3O6. The van der Waals surface area contributed by atoms with Gasteiger partial charge in [0.1, 0.15) is 16.5 Å². The van der Waals surface area contributed by atoms with Crippen LogP contribution >= 0.6 is 23.2 Å². The second-order valence-corrected chi connectivity index (χ2v) is 7.26. The summed E-state index contributed by atoms with van der Waals surface area (Å²) >= 11 is 12.4. The van der Waals surface area contributed by atoms with E-state index in [-0.39, 0.29) is 33.6 Å². The maximum Gasteiger partial charge on any atom is 0.258 e. The highest BCUT2D eigenvalue weighted by Gasteiger charge is 2.26. The second-order valence-electron chi connectivity index (χ2n) is 6.47. The normalized spacial score (nSPS) is 11.7. The Labute approximate surface area is 202 Å². The molecule has 0 radical (unpaired) electrons. The number of hydrogen-bond acceptors (Lipinski definition) is 8. The Kier molecular flexibility index (Phi) is 9.74. The number of Topliss-reactive ketones (excluding diaryl/α,β-unsaturated/α-hetero) is 1. The average Bonchev–Trinajstić information content (AvgIpc) is 2.78. The van der Waals surface area contributed by atoms with E-state index < -0.39 is 17.7 Å². The maximum absolute atomic E-state index is 12.9. The Balaban J connectivity index is 2.37. The fourth-order valence-corrected chi connectivity index (χ4v) is 3.32. The van der Waals surface area contributed by atoms with Crippen LogP contribution in [0.4, 0.5) is 11.4 Å². The van der Waals surface area contributed by atoms with Crippen molar-refractivity contribution < 1.29 is 28.5 Å². The molecule has 0 aliphatic rings. The minimum Gasteiger partial charge on any atom is -0.495 e. The molecule has 2 rings (SSSR count). The van der Waals surface area contributed by atoms with Crippen molar-refractivity contribution in [2.75, 3.05) is 32.8 Å². The van der Waals surface area contributed by atoms with Gasteiger partial charge in [0.15, 0.2) is 23.0 Å². The Morgan fingerprint density at radius 2 is 1.64 bits per heavy atom. The minimum atomic E-state index is -1.43. The molecule has 178 valence electrons. The van der Waals surface area contributed by atoms with Gasteiger partial charge in [-0.1, -0.05) is 23.2 Å². The van der Waals surface area contributed by atoms with Crippen LogP contribution in [0.3, 0.4) is 0 Å². The molecule has 0 bridgehead atoms. The summed E-state index contributed by atoms with van der Waals surface area (Å²) < 4.78 is 21.6. The predicted molar refractivity (Wildman–Crippen MR) is 126 cm³/mol. The van der Waals surface area contributed by atoms with Crippen molar-refractivity contribution >= 4 is 46.3 Å². The molecule has 11 heteroatoms. The van der Waals surface area contributed by atoms with E-state index in [1.807, 2.05) is 0 Å². The topological polar surface area (TPSA) is 108 Å². The number of anilines is 1. The van der Waals surface area contributed by atoms with Crippen LogP contribution in [0.2, 0.25) is 10.0 Å². The number of nitrogens with one attached hydrogen (secondary N) is 1. The number of nitrogens with zero attached hydrogens (tertiary/aromatic N) is 2. The minimum absolute atomic E-state index is 0.186. The predicted octanol–water partition coefficient (Wildman–Crippen LogP) is 5.49. The number of carbonyl (C=O) groups is 2. The van der Waals surface area contributed by atoms with Crippen molar-refractivity contribution in [1.29, 1.82) is 0 Å². The molecule has 1 atom stereocenters. The molecule has 0 aromatic heterocycles. The highest BCUT2D eigenvalue weighted by molar-refractivity contribution is 6.34. The summed E-state index contributed by atoms with van der Waals surface area (Å²) in [7, 11) is 2.86. The number of halogens is 2. The number of benzene rings is 2. The molecule has 2 aromatic rings.